The lowest BCUT2D eigenvalue weighted by molar-refractivity contribution is 0.403. The van der Waals surface area contributed by atoms with Crippen LogP contribution in [-0.2, 0) is 47.4 Å². The summed E-state index contributed by atoms with van der Waals surface area (Å²) in [4.78, 5) is 17.7. The lowest BCUT2D eigenvalue weighted by Gasteiger charge is -2.13. The molecular formula is C48H92O14P7+. The second-order valence-electron chi connectivity index (χ2n) is 15.6. The molecule has 0 heterocycles. The van der Waals surface area contributed by atoms with Crippen molar-refractivity contribution in [1.82, 2.24) is 0 Å². The Morgan fingerprint density at radius 1 is 0.406 bits per heavy atom. The van der Waals surface area contributed by atoms with Crippen LogP contribution < -0.4 is 13.6 Å². The molecule has 0 aliphatic carbocycles. The molecular weight excluding hydrogens is 1020 g/mol. The van der Waals surface area contributed by atoms with E-state index in [4.69, 9.17) is 18.5 Å². The Morgan fingerprint density at radius 3 is 0.884 bits per heavy atom. The maximum Gasteiger partial charge on any atom is 0.310 e. The molecule has 0 aliphatic rings. The first-order valence-corrected chi connectivity index (χ1v) is 39.7. The molecule has 4 aromatic carbocycles. The van der Waals surface area contributed by atoms with Crippen LogP contribution in [0.1, 0.15) is 52.7 Å². The number of rotatable bonds is 11. The highest BCUT2D eigenvalue weighted by molar-refractivity contribution is 7.64. The van der Waals surface area contributed by atoms with Gasteiger partial charge in [-0.05, 0) is 41.8 Å². The molecule has 2 N–H and O–H groups in total. The molecule has 402 valence electrons. The van der Waals surface area contributed by atoms with Gasteiger partial charge in [-0.15, -0.1) is 0 Å². The van der Waals surface area contributed by atoms with E-state index in [0.717, 1.165) is 6.42 Å². The summed E-state index contributed by atoms with van der Waals surface area (Å²) in [6.07, 6.45) is 1.03. The molecule has 0 saturated carbocycles. The molecule has 0 atom stereocenters. The van der Waals surface area contributed by atoms with Crippen molar-refractivity contribution in [2.24, 2.45) is 0 Å². The van der Waals surface area contributed by atoms with Gasteiger partial charge < -0.3 is 32.0 Å². The van der Waals surface area contributed by atoms with Gasteiger partial charge in [-0.3, -0.25) is 27.4 Å². The van der Waals surface area contributed by atoms with Crippen molar-refractivity contribution in [2.45, 2.75) is 48.0 Å². The molecule has 21 heteroatoms. The SMILES string of the molecule is CC.CC.CC.COP(C)(C)=O.COP(C)(C)=O.COP(C)(C)=O.CP(C)(=O)O.CP(C)(=O)Oc1cccc(O[P+](C)(C)O)c1.CP(C)(=O)Oc1ccccc1.c1ccc(Cc2ccccc2)cc1. The summed E-state index contributed by atoms with van der Waals surface area (Å²) in [5.74, 6) is 1.67. The van der Waals surface area contributed by atoms with Gasteiger partial charge in [-0.1, -0.05) is 126 Å². The summed E-state index contributed by atoms with van der Waals surface area (Å²) in [5.41, 5.74) is 2.74. The second kappa shape index (κ2) is 42.4. The molecule has 4 rings (SSSR count). The summed E-state index contributed by atoms with van der Waals surface area (Å²) in [6.45, 7) is 33.6. The Kier molecular flexibility index (Phi) is 48.1. The predicted molar refractivity (Wildman–Crippen MR) is 305 cm³/mol. The van der Waals surface area contributed by atoms with Crippen LogP contribution in [0.15, 0.2) is 115 Å². The van der Waals surface area contributed by atoms with Crippen LogP contribution >= 0.6 is 51.9 Å². The summed E-state index contributed by atoms with van der Waals surface area (Å²) in [7, 11) is -12.0. The van der Waals surface area contributed by atoms with Crippen molar-refractivity contribution in [1.29, 1.82) is 0 Å². The van der Waals surface area contributed by atoms with E-state index in [1.165, 1.54) is 45.8 Å². The van der Waals surface area contributed by atoms with Crippen molar-refractivity contribution >= 4 is 51.9 Å². The topological polar surface area (TPSA) is 198 Å². The van der Waals surface area contributed by atoms with Crippen LogP contribution in [0.25, 0.3) is 0 Å². The van der Waals surface area contributed by atoms with Crippen LogP contribution in [-0.4, -0.2) is 124 Å². The van der Waals surface area contributed by atoms with E-state index in [2.05, 4.69) is 74.2 Å². The Hall–Kier alpha value is -2.11. The van der Waals surface area contributed by atoms with Gasteiger partial charge in [0, 0.05) is 107 Å². The molecule has 0 spiro atoms. The predicted octanol–water partition coefficient (Wildman–Crippen LogP) is 16.1. The fraction of sp³-hybridized carbons (Fsp3) is 0.500. The number of para-hydroxylation sites is 1. The molecule has 0 fully saturated rings. The van der Waals surface area contributed by atoms with E-state index in [0.29, 0.717) is 17.2 Å². The third-order valence-electron chi connectivity index (χ3n) is 5.94. The van der Waals surface area contributed by atoms with Gasteiger partial charge in [0.05, 0.1) is 0 Å². The molecule has 0 radical (unpaired) electrons. The van der Waals surface area contributed by atoms with Crippen LogP contribution in [0.5, 0.6) is 17.2 Å². The minimum Gasteiger partial charge on any atom is -0.443 e. The third-order valence-corrected chi connectivity index (χ3v) is 10.5. The smallest absolute Gasteiger partial charge is 0.310 e. The zero-order valence-corrected chi connectivity index (χ0v) is 52.4. The Bertz CT molecular complexity index is 1980. The van der Waals surface area contributed by atoms with Gasteiger partial charge in [0.15, 0.2) is 35.2 Å². The molecule has 14 nitrogen and oxygen atoms in total. The molecule has 0 unspecified atom stereocenters. The fourth-order valence-electron chi connectivity index (χ4n) is 3.26. The first-order chi connectivity index (χ1) is 31.4. The Labute approximate surface area is 420 Å². The zero-order valence-electron chi connectivity index (χ0n) is 46.1. The van der Waals surface area contributed by atoms with Crippen LogP contribution in [0.2, 0.25) is 0 Å². The van der Waals surface area contributed by atoms with Gasteiger partial charge in [-0.2, -0.15) is 0 Å². The van der Waals surface area contributed by atoms with Gasteiger partial charge in [-0.25, -0.2) is 4.89 Å². The molecule has 69 heavy (non-hydrogen) atoms. The lowest BCUT2D eigenvalue weighted by Crippen LogP contribution is -1.96. The summed E-state index contributed by atoms with van der Waals surface area (Å²) in [5, 5.41) is 0. The van der Waals surface area contributed by atoms with E-state index < -0.39 is 51.9 Å². The van der Waals surface area contributed by atoms with Crippen molar-refractivity contribution in [2.75, 3.05) is 115 Å². The minimum absolute atomic E-state index is 0.485. The van der Waals surface area contributed by atoms with Gasteiger partial charge >= 0.3 is 7.72 Å². The van der Waals surface area contributed by atoms with Gasteiger partial charge in [0.1, 0.15) is 24.8 Å². The highest BCUT2D eigenvalue weighted by Crippen LogP contribution is 2.48. The standard InChI is InChI=1S/C13H12.C10H17O4P2.C8H11O2P.3C3H9O2P.C2H7O2P.3C2H6/c1-3-7-12(8-4-1)11-13-9-5-2-6-10-13;1-15(2,11)13-9-6-5-7-10(8-9)14-16(3,4)12;1-11(2,9)10-8-6-4-3-5-7-8;3*1-5-6(2,3)4;1-5(2,3)4;3*1-2/h1-10H,11H2;5-8,11H,1-4H3;3-7H,1-2H3;3*1-3H3;1-2H3,(H,3,4);3*1-2H3/q;+1;;;;;;;;. The average Bonchev–Trinajstić information content (AvgIpc) is 3.22. The summed E-state index contributed by atoms with van der Waals surface area (Å²) < 4.78 is 92.7. The van der Waals surface area contributed by atoms with Crippen LogP contribution in [0.4, 0.5) is 0 Å². The number of benzene rings is 4. The highest BCUT2D eigenvalue weighted by Gasteiger charge is 2.24. The van der Waals surface area contributed by atoms with Crippen LogP contribution in [0, 0.1) is 0 Å². The Balaban J connectivity index is -0.000000171. The average molecular weight is 1110 g/mol. The van der Waals surface area contributed by atoms with E-state index in [9.17, 15) is 32.3 Å². The molecule has 0 aliphatic heterocycles. The maximum absolute atomic E-state index is 11.5. The lowest BCUT2D eigenvalue weighted by atomic mass is 10.1. The maximum atomic E-state index is 11.5. The number of hydrogen-bond acceptors (Lipinski definition) is 13. The first-order valence-electron chi connectivity index (χ1n) is 21.9. The van der Waals surface area contributed by atoms with E-state index >= 15 is 0 Å². The first kappa shape index (κ1) is 78.3. The molecule has 4 aromatic rings. The van der Waals surface area contributed by atoms with E-state index in [-0.39, 0.29) is 0 Å². The van der Waals surface area contributed by atoms with Crippen molar-refractivity contribution in [3.63, 3.8) is 0 Å². The minimum atomic E-state index is -2.64. The Morgan fingerprint density at radius 2 is 0.638 bits per heavy atom. The third kappa shape index (κ3) is 75.0. The molecule has 0 saturated heterocycles. The molecule has 0 amide bonds. The number of hydrogen-bond donors (Lipinski definition) is 2. The normalized spacial score (nSPS) is 10.7. The van der Waals surface area contributed by atoms with Crippen molar-refractivity contribution in [3.05, 3.63) is 126 Å². The largest absolute Gasteiger partial charge is 0.443 e. The fourth-order valence-corrected chi connectivity index (χ4v) is 5.14. The zero-order chi connectivity index (χ0) is 55.8. The summed E-state index contributed by atoms with van der Waals surface area (Å²) >= 11 is 0. The second-order valence-corrected chi connectivity index (χ2v) is 34.9. The summed E-state index contributed by atoms with van der Waals surface area (Å²) in [6, 6.07) is 37.0. The van der Waals surface area contributed by atoms with E-state index in [1.54, 1.807) is 116 Å². The van der Waals surface area contributed by atoms with Crippen molar-refractivity contribution < 1.29 is 64.3 Å². The van der Waals surface area contributed by atoms with Gasteiger partial charge in [0.2, 0.25) is 14.7 Å². The van der Waals surface area contributed by atoms with Gasteiger partial charge in [0.25, 0.3) is 0 Å². The molecule has 0 aromatic heterocycles. The van der Waals surface area contributed by atoms with Crippen molar-refractivity contribution in [3.8, 4) is 17.2 Å². The van der Waals surface area contributed by atoms with E-state index in [1.807, 2.05) is 59.7 Å². The monoisotopic (exact) mass is 1110 g/mol. The highest BCUT2D eigenvalue weighted by atomic mass is 31.2. The molecule has 0 bridgehead atoms. The quantitative estimate of drug-likeness (QED) is 0.134. The van der Waals surface area contributed by atoms with Crippen LogP contribution in [0.3, 0.4) is 0 Å².